The van der Waals surface area contributed by atoms with Crippen molar-refractivity contribution in [2.75, 3.05) is 17.2 Å². The number of benzene rings is 2. The third-order valence-electron chi connectivity index (χ3n) is 5.34. The molecule has 2 N–H and O–H groups in total. The Bertz CT molecular complexity index is 1360. The van der Waals surface area contributed by atoms with Crippen molar-refractivity contribution in [1.29, 1.82) is 0 Å². The van der Waals surface area contributed by atoms with Crippen molar-refractivity contribution in [2.24, 2.45) is 0 Å². The molecular formula is C24H18F3N5. The average molecular weight is 433 g/mol. The number of hydrogen-bond acceptors (Lipinski definition) is 5. The summed E-state index contributed by atoms with van der Waals surface area (Å²) in [7, 11) is 0. The predicted molar refractivity (Wildman–Crippen MR) is 119 cm³/mol. The Labute approximate surface area is 182 Å². The third kappa shape index (κ3) is 3.53. The number of para-hydroxylation sites is 1. The molecule has 160 valence electrons. The maximum absolute atomic E-state index is 13.6. The highest BCUT2D eigenvalue weighted by Gasteiger charge is 2.34. The van der Waals surface area contributed by atoms with Crippen molar-refractivity contribution in [3.63, 3.8) is 0 Å². The molecule has 32 heavy (non-hydrogen) atoms. The van der Waals surface area contributed by atoms with Crippen LogP contribution >= 0.6 is 0 Å². The monoisotopic (exact) mass is 433 g/mol. The van der Waals surface area contributed by atoms with Crippen molar-refractivity contribution in [3.8, 4) is 11.4 Å². The molecule has 0 fully saturated rings. The Kier molecular flexibility index (Phi) is 4.77. The molecule has 0 unspecified atom stereocenters. The standard InChI is InChI=1S/C24H18F3N5/c1-14-13-29-19-11-6-12-28-21(19)20(14)31-23-16-8-3-5-10-18(16)30-22(32-23)15-7-2-4-9-17(15)24(25,26)27/h2-12,29H,13H2,1H3,(H,30,31,32). The van der Waals surface area contributed by atoms with Gasteiger partial charge in [0.05, 0.1) is 22.5 Å². The fourth-order valence-corrected chi connectivity index (χ4v) is 3.77. The summed E-state index contributed by atoms with van der Waals surface area (Å²) in [6.45, 7) is 2.59. The van der Waals surface area contributed by atoms with Gasteiger partial charge in [-0.2, -0.15) is 13.2 Å². The first kappa shape index (κ1) is 20.0. The number of nitrogens with zero attached hydrogens (tertiary/aromatic N) is 3. The number of alkyl halides is 3. The van der Waals surface area contributed by atoms with Crippen LogP contribution in [0.2, 0.25) is 0 Å². The van der Waals surface area contributed by atoms with E-state index in [1.807, 2.05) is 31.2 Å². The molecule has 0 saturated heterocycles. The van der Waals surface area contributed by atoms with Gasteiger partial charge < -0.3 is 10.6 Å². The second-order valence-corrected chi connectivity index (χ2v) is 7.49. The number of anilines is 2. The number of pyridine rings is 1. The highest BCUT2D eigenvalue weighted by atomic mass is 19.4. The number of aromatic nitrogens is 3. The molecule has 1 aliphatic heterocycles. The summed E-state index contributed by atoms with van der Waals surface area (Å²) < 4.78 is 40.9. The molecule has 0 aliphatic carbocycles. The van der Waals surface area contributed by atoms with Crippen molar-refractivity contribution < 1.29 is 13.2 Å². The molecule has 5 nitrogen and oxygen atoms in total. The van der Waals surface area contributed by atoms with Gasteiger partial charge in [0.15, 0.2) is 5.82 Å². The zero-order chi connectivity index (χ0) is 22.3. The zero-order valence-corrected chi connectivity index (χ0v) is 17.0. The Morgan fingerprint density at radius 1 is 0.938 bits per heavy atom. The summed E-state index contributed by atoms with van der Waals surface area (Å²) in [5.74, 6) is 0.433. The highest BCUT2D eigenvalue weighted by Crippen LogP contribution is 2.38. The number of fused-ring (bicyclic) bond motifs is 2. The SMILES string of the molecule is CC1=C(Nc2nc(-c3ccccc3C(F)(F)F)nc3ccccc23)c2ncccc2NC1. The van der Waals surface area contributed by atoms with Crippen LogP contribution in [0.5, 0.6) is 0 Å². The minimum atomic E-state index is -4.52. The smallest absolute Gasteiger partial charge is 0.379 e. The van der Waals surface area contributed by atoms with E-state index in [4.69, 9.17) is 0 Å². The Hall–Kier alpha value is -3.94. The summed E-state index contributed by atoms with van der Waals surface area (Å²) in [5, 5.41) is 7.36. The molecule has 0 amide bonds. The molecule has 2 aromatic heterocycles. The van der Waals surface area contributed by atoms with Gasteiger partial charge in [-0.1, -0.05) is 30.3 Å². The zero-order valence-electron chi connectivity index (χ0n) is 17.0. The molecule has 5 rings (SSSR count). The fraction of sp³-hybridized carbons (Fsp3) is 0.125. The summed E-state index contributed by atoms with van der Waals surface area (Å²) in [6.07, 6.45) is -2.82. The van der Waals surface area contributed by atoms with Gasteiger partial charge in [0, 0.05) is 23.7 Å². The van der Waals surface area contributed by atoms with E-state index in [-0.39, 0.29) is 11.4 Å². The molecular weight excluding hydrogens is 415 g/mol. The number of hydrogen-bond donors (Lipinski definition) is 2. The van der Waals surface area contributed by atoms with E-state index in [1.54, 1.807) is 24.4 Å². The van der Waals surface area contributed by atoms with Crippen LogP contribution in [0.25, 0.3) is 28.0 Å². The van der Waals surface area contributed by atoms with Crippen molar-refractivity contribution in [1.82, 2.24) is 15.0 Å². The molecule has 0 bridgehead atoms. The highest BCUT2D eigenvalue weighted by molar-refractivity contribution is 5.96. The van der Waals surface area contributed by atoms with Crippen LogP contribution < -0.4 is 10.6 Å². The van der Waals surface area contributed by atoms with Gasteiger partial charge in [-0.15, -0.1) is 0 Å². The van der Waals surface area contributed by atoms with Crippen molar-refractivity contribution in [3.05, 3.63) is 83.7 Å². The van der Waals surface area contributed by atoms with E-state index in [9.17, 15) is 13.2 Å². The quantitative estimate of drug-likeness (QED) is 0.416. The maximum atomic E-state index is 13.6. The summed E-state index contributed by atoms with van der Waals surface area (Å²) in [4.78, 5) is 13.5. The van der Waals surface area contributed by atoms with E-state index in [0.717, 1.165) is 28.7 Å². The van der Waals surface area contributed by atoms with Gasteiger partial charge in [-0.3, -0.25) is 4.98 Å². The van der Waals surface area contributed by atoms with Gasteiger partial charge >= 0.3 is 6.18 Å². The molecule has 8 heteroatoms. The minimum absolute atomic E-state index is 0.00700. The lowest BCUT2D eigenvalue weighted by atomic mass is 10.1. The number of halogens is 3. The molecule has 0 radical (unpaired) electrons. The topological polar surface area (TPSA) is 62.7 Å². The number of nitrogens with one attached hydrogen (secondary N) is 2. The summed E-state index contributed by atoms with van der Waals surface area (Å²) in [5.41, 5.74) is 3.10. The van der Waals surface area contributed by atoms with Crippen LogP contribution in [-0.2, 0) is 6.18 Å². The molecule has 1 aliphatic rings. The maximum Gasteiger partial charge on any atom is 0.417 e. The molecule has 3 heterocycles. The van der Waals surface area contributed by atoms with Crippen LogP contribution in [0.3, 0.4) is 0 Å². The molecule has 0 saturated carbocycles. The Morgan fingerprint density at radius 2 is 1.72 bits per heavy atom. The normalized spacial score (nSPS) is 13.6. The largest absolute Gasteiger partial charge is 0.417 e. The first-order valence-electron chi connectivity index (χ1n) is 10.0. The van der Waals surface area contributed by atoms with E-state index < -0.39 is 11.7 Å². The van der Waals surface area contributed by atoms with Gasteiger partial charge in [-0.05, 0) is 42.8 Å². The van der Waals surface area contributed by atoms with Crippen LogP contribution in [0.15, 0.2) is 72.4 Å². The second kappa shape index (κ2) is 7.64. The van der Waals surface area contributed by atoms with Crippen LogP contribution in [0.1, 0.15) is 18.2 Å². The van der Waals surface area contributed by atoms with Gasteiger partial charge in [0.2, 0.25) is 0 Å². The first-order valence-corrected chi connectivity index (χ1v) is 10.0. The molecule has 0 atom stereocenters. The predicted octanol–water partition coefficient (Wildman–Crippen LogP) is 5.98. The number of rotatable bonds is 3. The van der Waals surface area contributed by atoms with Gasteiger partial charge in [0.1, 0.15) is 11.5 Å². The van der Waals surface area contributed by atoms with E-state index in [2.05, 4.69) is 25.6 Å². The summed E-state index contributed by atoms with van der Waals surface area (Å²) >= 11 is 0. The van der Waals surface area contributed by atoms with Crippen molar-refractivity contribution in [2.45, 2.75) is 13.1 Å². The second-order valence-electron chi connectivity index (χ2n) is 7.49. The van der Waals surface area contributed by atoms with E-state index in [0.29, 0.717) is 23.3 Å². The third-order valence-corrected chi connectivity index (χ3v) is 5.34. The minimum Gasteiger partial charge on any atom is -0.379 e. The fourth-order valence-electron chi connectivity index (χ4n) is 3.77. The van der Waals surface area contributed by atoms with Crippen LogP contribution in [-0.4, -0.2) is 21.5 Å². The Morgan fingerprint density at radius 3 is 2.56 bits per heavy atom. The van der Waals surface area contributed by atoms with Gasteiger partial charge in [-0.25, -0.2) is 9.97 Å². The van der Waals surface area contributed by atoms with E-state index >= 15 is 0 Å². The Balaban J connectivity index is 1.69. The van der Waals surface area contributed by atoms with Crippen LogP contribution in [0, 0.1) is 0 Å². The van der Waals surface area contributed by atoms with Crippen molar-refractivity contribution >= 4 is 28.1 Å². The lowest BCUT2D eigenvalue weighted by molar-refractivity contribution is -0.137. The lowest BCUT2D eigenvalue weighted by Crippen LogP contribution is -2.18. The average Bonchev–Trinajstić information content (AvgIpc) is 2.80. The molecule has 0 spiro atoms. The summed E-state index contributed by atoms with van der Waals surface area (Å²) in [6, 6.07) is 16.4. The molecule has 2 aromatic carbocycles. The van der Waals surface area contributed by atoms with E-state index in [1.165, 1.54) is 12.1 Å². The van der Waals surface area contributed by atoms with Gasteiger partial charge in [0.25, 0.3) is 0 Å². The molecule has 4 aromatic rings. The van der Waals surface area contributed by atoms with Crippen LogP contribution in [0.4, 0.5) is 24.7 Å². The first-order chi connectivity index (χ1) is 15.4. The lowest BCUT2D eigenvalue weighted by Gasteiger charge is -2.23.